The number of carbonyl (C=O) groups excluding carboxylic acids is 1. The SMILES string of the molecule is O=C(O)C1[C@H]2CC[C@H](CC2NCCc2ccccc2)N1C(=O)C(c1ccccc1)c1ccccc1. The number of carbonyl (C=O) groups is 2. The molecule has 2 unspecified atom stereocenters. The smallest absolute Gasteiger partial charge is 0.326 e. The van der Waals surface area contributed by atoms with Crippen LogP contribution in [-0.2, 0) is 16.0 Å². The molecule has 2 heterocycles. The summed E-state index contributed by atoms with van der Waals surface area (Å²) in [6.07, 6.45) is 3.38. The number of amides is 1. The zero-order chi connectivity index (χ0) is 24.2. The van der Waals surface area contributed by atoms with E-state index in [-0.39, 0.29) is 23.9 Å². The standard InChI is InChI=1S/C30H32N2O3/c33-29(27(22-12-6-2-7-13-22)23-14-8-3-9-15-23)32-24-16-17-25(28(32)30(34)35)26(20-24)31-19-18-21-10-4-1-5-11-21/h1-15,24-28,31H,16-20H2,(H,34,35)/t24-,25+,26?,28?/m1/s1. The summed E-state index contributed by atoms with van der Waals surface area (Å²) < 4.78 is 0. The van der Waals surface area contributed by atoms with Crippen molar-refractivity contribution >= 4 is 11.9 Å². The van der Waals surface area contributed by atoms with E-state index < -0.39 is 17.9 Å². The van der Waals surface area contributed by atoms with Gasteiger partial charge in [-0.15, -0.1) is 0 Å². The van der Waals surface area contributed by atoms with Crippen LogP contribution < -0.4 is 5.32 Å². The molecule has 0 radical (unpaired) electrons. The van der Waals surface area contributed by atoms with Crippen molar-refractivity contribution in [3.63, 3.8) is 0 Å². The minimum atomic E-state index is -0.900. The molecule has 2 bridgehead atoms. The first kappa shape index (κ1) is 23.3. The average molecular weight is 469 g/mol. The summed E-state index contributed by atoms with van der Waals surface area (Å²) in [6, 6.07) is 29.0. The zero-order valence-electron chi connectivity index (χ0n) is 19.8. The van der Waals surface area contributed by atoms with Crippen molar-refractivity contribution in [1.82, 2.24) is 10.2 Å². The van der Waals surface area contributed by atoms with Crippen LogP contribution in [0.25, 0.3) is 0 Å². The minimum Gasteiger partial charge on any atom is -0.480 e. The Labute approximate surface area is 206 Å². The molecule has 3 aliphatic rings. The molecule has 2 saturated heterocycles. The number of carboxylic acid groups (broad SMARTS) is 1. The van der Waals surface area contributed by atoms with Gasteiger partial charge in [-0.25, -0.2) is 4.79 Å². The van der Waals surface area contributed by atoms with Gasteiger partial charge in [-0.2, -0.15) is 0 Å². The number of hydrogen-bond donors (Lipinski definition) is 2. The van der Waals surface area contributed by atoms with E-state index in [2.05, 4.69) is 17.4 Å². The number of hydrogen-bond acceptors (Lipinski definition) is 3. The lowest BCUT2D eigenvalue weighted by Gasteiger charge is -2.54. The van der Waals surface area contributed by atoms with Crippen LogP contribution in [0.15, 0.2) is 91.0 Å². The highest BCUT2D eigenvalue weighted by atomic mass is 16.4. The zero-order valence-corrected chi connectivity index (χ0v) is 19.8. The van der Waals surface area contributed by atoms with Gasteiger partial charge in [-0.1, -0.05) is 91.0 Å². The van der Waals surface area contributed by atoms with Crippen molar-refractivity contribution in [1.29, 1.82) is 0 Å². The second-order valence-corrected chi connectivity index (χ2v) is 9.71. The summed E-state index contributed by atoms with van der Waals surface area (Å²) in [7, 11) is 0. The molecule has 5 heteroatoms. The maximum Gasteiger partial charge on any atom is 0.326 e. The third-order valence-corrected chi connectivity index (χ3v) is 7.66. The maximum absolute atomic E-state index is 14.2. The van der Waals surface area contributed by atoms with Crippen LogP contribution in [0.4, 0.5) is 0 Å². The summed E-state index contributed by atoms with van der Waals surface area (Å²) in [5.41, 5.74) is 3.06. The average Bonchev–Trinajstić information content (AvgIpc) is 2.90. The summed E-state index contributed by atoms with van der Waals surface area (Å²) in [6.45, 7) is 0.800. The van der Waals surface area contributed by atoms with Crippen LogP contribution >= 0.6 is 0 Å². The van der Waals surface area contributed by atoms with E-state index >= 15 is 0 Å². The second kappa shape index (κ2) is 10.4. The van der Waals surface area contributed by atoms with Crippen molar-refractivity contribution in [2.24, 2.45) is 5.92 Å². The van der Waals surface area contributed by atoms with Gasteiger partial charge in [0.2, 0.25) is 5.91 Å². The fraction of sp³-hybridized carbons (Fsp3) is 0.333. The minimum absolute atomic E-state index is 0.0715. The lowest BCUT2D eigenvalue weighted by Crippen LogP contribution is -2.67. The molecule has 3 aromatic carbocycles. The first-order chi connectivity index (χ1) is 17.1. The van der Waals surface area contributed by atoms with E-state index in [1.54, 1.807) is 4.90 Å². The number of fused-ring (bicyclic) bond motifs is 3. The molecule has 2 N–H and O–H groups in total. The van der Waals surface area contributed by atoms with Crippen molar-refractivity contribution in [2.45, 2.75) is 49.7 Å². The highest BCUT2D eigenvalue weighted by Crippen LogP contribution is 2.42. The van der Waals surface area contributed by atoms with E-state index in [9.17, 15) is 14.7 Å². The van der Waals surface area contributed by atoms with Gasteiger partial charge in [0.25, 0.3) is 0 Å². The molecule has 3 aromatic rings. The third kappa shape index (κ3) is 4.87. The van der Waals surface area contributed by atoms with Gasteiger partial charge >= 0.3 is 5.97 Å². The maximum atomic E-state index is 14.2. The van der Waals surface area contributed by atoms with Gasteiger partial charge in [0, 0.05) is 18.0 Å². The molecule has 1 aliphatic carbocycles. The fourth-order valence-electron chi connectivity index (χ4n) is 6.05. The van der Waals surface area contributed by atoms with Gasteiger partial charge in [-0.05, 0) is 48.9 Å². The molecule has 180 valence electrons. The highest BCUT2D eigenvalue weighted by Gasteiger charge is 2.53. The Morgan fingerprint density at radius 1 is 0.857 bits per heavy atom. The van der Waals surface area contributed by atoms with E-state index in [0.29, 0.717) is 0 Å². The van der Waals surface area contributed by atoms with Gasteiger partial charge in [0.05, 0.1) is 5.92 Å². The van der Waals surface area contributed by atoms with Crippen LogP contribution in [0.2, 0.25) is 0 Å². The van der Waals surface area contributed by atoms with Crippen LogP contribution in [0.3, 0.4) is 0 Å². The lowest BCUT2D eigenvalue weighted by molar-refractivity contribution is -0.165. The summed E-state index contributed by atoms with van der Waals surface area (Å²) in [5, 5.41) is 13.9. The van der Waals surface area contributed by atoms with Crippen molar-refractivity contribution in [2.75, 3.05) is 6.54 Å². The Morgan fingerprint density at radius 2 is 1.43 bits per heavy atom. The predicted molar refractivity (Wildman–Crippen MR) is 136 cm³/mol. The number of nitrogens with one attached hydrogen (secondary N) is 1. The van der Waals surface area contributed by atoms with Crippen molar-refractivity contribution in [3.05, 3.63) is 108 Å². The number of aliphatic carboxylic acids is 1. The van der Waals surface area contributed by atoms with E-state index in [1.165, 1.54) is 5.56 Å². The topological polar surface area (TPSA) is 69.6 Å². The van der Waals surface area contributed by atoms with Crippen molar-refractivity contribution in [3.8, 4) is 0 Å². The third-order valence-electron chi connectivity index (χ3n) is 7.66. The largest absolute Gasteiger partial charge is 0.480 e. The first-order valence-electron chi connectivity index (χ1n) is 12.6. The quantitative estimate of drug-likeness (QED) is 0.511. The fourth-order valence-corrected chi connectivity index (χ4v) is 6.05. The molecule has 1 amide bonds. The number of nitrogens with zero attached hydrogens (tertiary/aromatic N) is 1. The second-order valence-electron chi connectivity index (χ2n) is 9.71. The van der Waals surface area contributed by atoms with Crippen LogP contribution in [0.1, 0.15) is 41.9 Å². The van der Waals surface area contributed by atoms with E-state index in [0.717, 1.165) is 43.4 Å². The summed E-state index contributed by atoms with van der Waals surface area (Å²) >= 11 is 0. The molecule has 2 aliphatic heterocycles. The Morgan fingerprint density at radius 3 is 2.00 bits per heavy atom. The molecule has 3 fully saturated rings. The van der Waals surface area contributed by atoms with Crippen molar-refractivity contribution < 1.29 is 14.7 Å². The highest BCUT2D eigenvalue weighted by molar-refractivity contribution is 5.91. The van der Waals surface area contributed by atoms with E-state index in [1.807, 2.05) is 78.9 Å². The van der Waals surface area contributed by atoms with Gasteiger partial charge < -0.3 is 15.3 Å². The lowest BCUT2D eigenvalue weighted by atomic mass is 9.70. The Kier molecular flexibility index (Phi) is 6.96. The van der Waals surface area contributed by atoms with Crippen LogP contribution in [-0.4, -0.2) is 46.6 Å². The summed E-state index contributed by atoms with van der Waals surface area (Å²) in [4.78, 5) is 28.4. The molecular formula is C30H32N2O3. The molecule has 35 heavy (non-hydrogen) atoms. The molecule has 5 nitrogen and oxygen atoms in total. The normalized spacial score (nSPS) is 23.4. The van der Waals surface area contributed by atoms with Gasteiger partial charge in [0.15, 0.2) is 0 Å². The molecular weight excluding hydrogens is 436 g/mol. The number of benzene rings is 3. The predicted octanol–water partition coefficient (Wildman–Crippen LogP) is 4.48. The Hall–Kier alpha value is -3.44. The molecule has 4 atom stereocenters. The molecule has 0 spiro atoms. The summed E-state index contributed by atoms with van der Waals surface area (Å²) in [5.74, 6) is -1.61. The first-order valence-corrected chi connectivity index (χ1v) is 12.6. The van der Waals surface area contributed by atoms with Crippen LogP contribution in [0.5, 0.6) is 0 Å². The Balaban J connectivity index is 1.38. The molecule has 1 saturated carbocycles. The molecule has 0 aromatic heterocycles. The Bertz CT molecular complexity index is 1100. The number of carboxylic acids is 1. The van der Waals surface area contributed by atoms with E-state index in [4.69, 9.17) is 0 Å². The van der Waals surface area contributed by atoms with Crippen LogP contribution in [0, 0.1) is 5.92 Å². The number of piperidine rings is 2. The van der Waals surface area contributed by atoms with Gasteiger partial charge in [0.1, 0.15) is 6.04 Å². The molecule has 6 rings (SSSR count). The number of rotatable bonds is 8. The monoisotopic (exact) mass is 468 g/mol. The van der Waals surface area contributed by atoms with Gasteiger partial charge in [-0.3, -0.25) is 4.79 Å².